The van der Waals surface area contributed by atoms with Crippen molar-refractivity contribution in [3.05, 3.63) is 0 Å². The quantitative estimate of drug-likeness (QED) is 0.128. The minimum atomic E-state index is -4.89. The van der Waals surface area contributed by atoms with E-state index < -0.39 is 31.3 Å². The van der Waals surface area contributed by atoms with Gasteiger partial charge in [-0.2, -0.15) is 0 Å². The van der Waals surface area contributed by atoms with Crippen LogP contribution in [-0.4, -0.2) is 56.5 Å². The Bertz CT molecular complexity index is 291. The van der Waals surface area contributed by atoms with Crippen LogP contribution in [0.3, 0.4) is 0 Å². The van der Waals surface area contributed by atoms with E-state index >= 15 is 0 Å². The maximum atomic E-state index is 8.77. The van der Waals surface area contributed by atoms with Gasteiger partial charge in [-0.1, -0.05) is 0 Å². The first-order valence-electron chi connectivity index (χ1n) is 3.06. The van der Waals surface area contributed by atoms with Gasteiger partial charge in [-0.15, -0.1) is 0 Å². The molecule has 0 aliphatic carbocycles. The Hall–Kier alpha value is 1.97. The van der Waals surface area contributed by atoms with Crippen molar-refractivity contribution in [2.24, 2.45) is 0 Å². The monoisotopic (exact) mass is 438 g/mol. The van der Waals surface area contributed by atoms with Crippen LogP contribution >= 0.6 is 31.3 Å². The fourth-order valence-corrected chi connectivity index (χ4v) is 0. The summed E-state index contributed by atoms with van der Waals surface area (Å²) in [5.41, 5.74) is 0. The fourth-order valence-electron chi connectivity index (χ4n) is 0. The number of hydrogen-bond acceptors (Lipinski definition) is 8. The molecular formula is H8AlNaO16P4. The van der Waals surface area contributed by atoms with Crippen molar-refractivity contribution in [3.8, 4) is 0 Å². The molecule has 0 amide bonds. The van der Waals surface area contributed by atoms with E-state index in [1.54, 1.807) is 0 Å². The minimum absolute atomic E-state index is 0. The van der Waals surface area contributed by atoms with Crippen molar-refractivity contribution in [2.75, 3.05) is 0 Å². The Labute approximate surface area is 154 Å². The molecule has 0 aromatic heterocycles. The zero-order valence-corrected chi connectivity index (χ0v) is 16.9. The second-order valence-electron chi connectivity index (χ2n) is 1.96. The van der Waals surface area contributed by atoms with Crippen LogP contribution in [0.1, 0.15) is 0 Å². The molecule has 22 heavy (non-hydrogen) atoms. The van der Waals surface area contributed by atoms with Gasteiger partial charge in [-0.3, -0.25) is 18.3 Å². The van der Waals surface area contributed by atoms with Crippen molar-refractivity contribution in [3.63, 3.8) is 0 Å². The Morgan fingerprint density at radius 2 is 0.455 bits per heavy atom. The molecule has 8 N–H and O–H groups in total. The summed E-state index contributed by atoms with van der Waals surface area (Å²) in [6.45, 7) is 0. The van der Waals surface area contributed by atoms with Gasteiger partial charge < -0.3 is 58.7 Å². The van der Waals surface area contributed by atoms with Crippen LogP contribution in [0.2, 0.25) is 0 Å². The Balaban J connectivity index is -0.0000000376. The molecule has 0 aliphatic heterocycles. The molecule has 0 radical (unpaired) electrons. The van der Waals surface area contributed by atoms with Crippen molar-refractivity contribution in [1.29, 1.82) is 0 Å². The average Bonchev–Trinajstić information content (AvgIpc) is 1.62. The molecule has 0 rings (SSSR count). The van der Waals surface area contributed by atoms with E-state index in [0.717, 1.165) is 0 Å². The summed E-state index contributed by atoms with van der Waals surface area (Å²) in [5, 5.41) is 0. The summed E-state index contributed by atoms with van der Waals surface area (Å²) in [6.07, 6.45) is 0. The smallest absolute Gasteiger partial charge is 0.756 e. The maximum Gasteiger partial charge on any atom is 3.00 e. The van der Waals surface area contributed by atoms with Crippen LogP contribution in [-0.2, 0) is 18.3 Å². The molecule has 128 valence electrons. The summed E-state index contributed by atoms with van der Waals surface area (Å²) in [4.78, 5) is 91.7. The molecule has 0 bridgehead atoms. The van der Waals surface area contributed by atoms with Crippen LogP contribution in [0.25, 0.3) is 0 Å². The predicted octanol–water partition coefficient (Wildman–Crippen LogP) is -9.62. The van der Waals surface area contributed by atoms with Gasteiger partial charge in [-0.25, -0.2) is 0 Å². The SMILES string of the molecule is O=P([O-])(O)O.O=P([O-])(O)O.O=P([O-])(O)O.O=P([O-])(O)O.[Al+3].[Na+]. The second kappa shape index (κ2) is 16.4. The van der Waals surface area contributed by atoms with Crippen LogP contribution in [0.4, 0.5) is 0 Å². The normalized spacial score (nSPS) is 10.7. The van der Waals surface area contributed by atoms with Crippen molar-refractivity contribution >= 4 is 48.7 Å². The van der Waals surface area contributed by atoms with Gasteiger partial charge in [0.05, 0.1) is 0 Å². The molecule has 0 aliphatic rings. The molecule has 0 saturated heterocycles. The van der Waals surface area contributed by atoms with Gasteiger partial charge in [0.25, 0.3) is 31.3 Å². The van der Waals surface area contributed by atoms with Crippen LogP contribution < -0.4 is 49.1 Å². The zero-order chi connectivity index (χ0) is 18.0. The number of hydrogen-bond donors (Lipinski definition) is 8. The average molecular weight is 438 g/mol. The van der Waals surface area contributed by atoms with Gasteiger partial charge >= 0.3 is 46.9 Å². The van der Waals surface area contributed by atoms with E-state index in [4.69, 9.17) is 77.0 Å². The summed E-state index contributed by atoms with van der Waals surface area (Å²) in [6, 6.07) is 0. The third-order valence-electron chi connectivity index (χ3n) is 0. The molecule has 22 heteroatoms. The van der Waals surface area contributed by atoms with Gasteiger partial charge in [0.2, 0.25) is 0 Å². The third kappa shape index (κ3) is 2480. The Morgan fingerprint density at radius 1 is 0.455 bits per heavy atom. The van der Waals surface area contributed by atoms with E-state index in [0.29, 0.717) is 0 Å². The minimum Gasteiger partial charge on any atom is -0.756 e. The molecular weight excluding hydrogens is 430 g/mol. The molecule has 0 atom stereocenters. The summed E-state index contributed by atoms with van der Waals surface area (Å²) in [7, 11) is -19.6. The molecule has 0 saturated carbocycles. The third-order valence-corrected chi connectivity index (χ3v) is 0. The molecule has 0 aromatic rings. The zero-order valence-electron chi connectivity index (χ0n) is 10.2. The van der Waals surface area contributed by atoms with Crippen LogP contribution in [0.5, 0.6) is 0 Å². The molecule has 0 heterocycles. The molecule has 16 nitrogen and oxygen atoms in total. The number of phosphoric acid groups is 4. The molecule has 0 spiro atoms. The second-order valence-corrected chi connectivity index (χ2v) is 5.89. The van der Waals surface area contributed by atoms with Crippen molar-refractivity contribution in [2.45, 2.75) is 0 Å². The number of rotatable bonds is 0. The molecule has 0 aromatic carbocycles. The summed E-state index contributed by atoms with van der Waals surface area (Å²) < 4.78 is 35.1. The van der Waals surface area contributed by atoms with E-state index in [9.17, 15) is 0 Å². The first kappa shape index (κ1) is 39.2. The van der Waals surface area contributed by atoms with Crippen LogP contribution in [0.15, 0.2) is 0 Å². The topological polar surface area (TPSA) is 322 Å². The van der Waals surface area contributed by atoms with Crippen molar-refractivity contribution < 1.29 is 107 Å². The Kier molecular flexibility index (Phi) is 29.3. The molecule has 0 unspecified atom stereocenters. The van der Waals surface area contributed by atoms with Crippen LogP contribution in [0, 0.1) is 0 Å². The standard InChI is InChI=1S/Al.Na.4H3O4P/c;;4*1-5(2,3)4/h;;4*(H3,1,2,3,4)/q+3;+1;;;;/p-4. The summed E-state index contributed by atoms with van der Waals surface area (Å²) >= 11 is 0. The van der Waals surface area contributed by atoms with Crippen molar-refractivity contribution in [1.82, 2.24) is 0 Å². The first-order chi connectivity index (χ1) is 8.00. The van der Waals surface area contributed by atoms with Gasteiger partial charge in [0.1, 0.15) is 0 Å². The van der Waals surface area contributed by atoms with Gasteiger partial charge in [-0.05, 0) is 0 Å². The van der Waals surface area contributed by atoms with E-state index in [-0.39, 0.29) is 46.9 Å². The van der Waals surface area contributed by atoms with E-state index in [1.807, 2.05) is 0 Å². The van der Waals surface area contributed by atoms with Gasteiger partial charge in [0, 0.05) is 0 Å². The largest absolute Gasteiger partial charge is 3.00 e. The predicted molar refractivity (Wildman–Crippen MR) is 53.9 cm³/mol. The fraction of sp³-hybridized carbons (Fsp3) is 0. The maximum absolute atomic E-state index is 8.77. The summed E-state index contributed by atoms with van der Waals surface area (Å²) in [5.74, 6) is 0. The van der Waals surface area contributed by atoms with E-state index in [2.05, 4.69) is 0 Å². The molecule has 0 fully saturated rings. The first-order valence-corrected chi connectivity index (χ1v) is 9.18. The van der Waals surface area contributed by atoms with Gasteiger partial charge in [0.15, 0.2) is 0 Å². The Morgan fingerprint density at radius 3 is 0.455 bits per heavy atom. The van der Waals surface area contributed by atoms with E-state index in [1.165, 1.54) is 0 Å².